The molecule has 0 aliphatic carbocycles. The highest BCUT2D eigenvalue weighted by Gasteiger charge is 2.15. The van der Waals surface area contributed by atoms with Crippen molar-refractivity contribution in [3.05, 3.63) is 96.6 Å². The lowest BCUT2D eigenvalue weighted by Gasteiger charge is -2.21. The van der Waals surface area contributed by atoms with Crippen molar-refractivity contribution in [1.82, 2.24) is 15.0 Å². The average Bonchev–Trinajstić information content (AvgIpc) is 2.84. The Hall–Kier alpha value is -4.26. The predicted octanol–water partition coefficient (Wildman–Crippen LogP) is 4.06. The molecule has 1 amide bonds. The number of carbonyl (C=O) groups excluding carboxylic acids is 1. The van der Waals surface area contributed by atoms with E-state index in [0.717, 1.165) is 35.3 Å². The number of nitrogens with zero attached hydrogens (tertiary/aromatic N) is 4. The summed E-state index contributed by atoms with van der Waals surface area (Å²) in [5.41, 5.74) is 4.17. The molecular formula is C25H23N5O2. The smallest absolute Gasteiger partial charge is 0.214 e. The molecule has 0 aliphatic heterocycles. The van der Waals surface area contributed by atoms with Crippen LogP contribution in [0.2, 0.25) is 0 Å². The van der Waals surface area contributed by atoms with E-state index >= 15 is 0 Å². The van der Waals surface area contributed by atoms with Gasteiger partial charge in [-0.1, -0.05) is 12.1 Å². The number of nitrogens with one attached hydrogen (secondary N) is 1. The lowest BCUT2D eigenvalue weighted by Crippen LogP contribution is -2.23. The summed E-state index contributed by atoms with van der Waals surface area (Å²) in [4.78, 5) is 26.8. The number of aromatic hydroxyl groups is 1. The van der Waals surface area contributed by atoms with Crippen molar-refractivity contribution < 1.29 is 9.90 Å². The Morgan fingerprint density at radius 3 is 2.56 bits per heavy atom. The fourth-order valence-corrected chi connectivity index (χ4v) is 3.33. The van der Waals surface area contributed by atoms with Crippen LogP contribution in [0.25, 0.3) is 11.3 Å². The van der Waals surface area contributed by atoms with Crippen molar-refractivity contribution in [3.63, 3.8) is 0 Å². The number of benzene rings is 1. The molecule has 4 aromatic rings. The molecule has 0 aliphatic rings. The summed E-state index contributed by atoms with van der Waals surface area (Å²) in [6.07, 6.45) is 6.73. The van der Waals surface area contributed by atoms with E-state index in [2.05, 4.69) is 15.3 Å². The maximum atomic E-state index is 12.0. The number of carbonyl (C=O) groups is 1. The Labute approximate surface area is 186 Å². The summed E-state index contributed by atoms with van der Waals surface area (Å²) >= 11 is 0. The SMILES string of the molecule is O=CN(Cc1cccnc1)c1ccc(-c2ccc(O)cc2)nc1NCCc1ccccn1. The van der Waals surface area contributed by atoms with Gasteiger partial charge >= 0.3 is 0 Å². The van der Waals surface area contributed by atoms with Gasteiger partial charge in [-0.25, -0.2) is 4.98 Å². The predicted molar refractivity (Wildman–Crippen MR) is 124 cm³/mol. The molecule has 0 saturated heterocycles. The van der Waals surface area contributed by atoms with Crippen LogP contribution in [0, 0.1) is 0 Å². The van der Waals surface area contributed by atoms with E-state index in [1.807, 2.05) is 54.6 Å². The van der Waals surface area contributed by atoms with Crippen molar-refractivity contribution in [3.8, 4) is 17.0 Å². The Bertz CT molecular complexity index is 1150. The number of amides is 1. The van der Waals surface area contributed by atoms with Crippen LogP contribution in [-0.2, 0) is 17.8 Å². The fourth-order valence-electron chi connectivity index (χ4n) is 3.33. The highest BCUT2D eigenvalue weighted by Crippen LogP contribution is 2.29. The maximum Gasteiger partial charge on any atom is 0.214 e. The molecule has 7 nitrogen and oxygen atoms in total. The number of pyridine rings is 3. The summed E-state index contributed by atoms with van der Waals surface area (Å²) in [7, 11) is 0. The van der Waals surface area contributed by atoms with E-state index in [1.54, 1.807) is 35.6 Å². The third-order valence-electron chi connectivity index (χ3n) is 4.95. The monoisotopic (exact) mass is 425 g/mol. The highest BCUT2D eigenvalue weighted by molar-refractivity contribution is 5.83. The first-order valence-electron chi connectivity index (χ1n) is 10.3. The van der Waals surface area contributed by atoms with Crippen LogP contribution >= 0.6 is 0 Å². The molecule has 0 unspecified atom stereocenters. The molecule has 3 aromatic heterocycles. The van der Waals surface area contributed by atoms with Crippen molar-refractivity contribution in [2.24, 2.45) is 0 Å². The standard InChI is InChI=1S/C25H23N5O2/c31-18-30(17-19-4-3-13-26-16-19)24-11-10-23(20-6-8-22(32)9-7-20)29-25(24)28-15-12-21-5-1-2-14-27-21/h1-11,13-14,16,18,32H,12,15,17H2,(H,28,29). The van der Waals surface area contributed by atoms with Crippen LogP contribution in [0.1, 0.15) is 11.3 Å². The number of anilines is 2. The topological polar surface area (TPSA) is 91.2 Å². The van der Waals surface area contributed by atoms with Crippen LogP contribution in [-0.4, -0.2) is 33.0 Å². The minimum absolute atomic E-state index is 0.197. The zero-order valence-electron chi connectivity index (χ0n) is 17.4. The second-order valence-corrected chi connectivity index (χ2v) is 7.20. The maximum absolute atomic E-state index is 12.0. The zero-order chi connectivity index (χ0) is 22.2. The Kier molecular flexibility index (Phi) is 6.67. The van der Waals surface area contributed by atoms with Crippen molar-refractivity contribution >= 4 is 17.9 Å². The van der Waals surface area contributed by atoms with E-state index in [-0.39, 0.29) is 5.75 Å². The molecule has 160 valence electrons. The van der Waals surface area contributed by atoms with Crippen LogP contribution in [0.4, 0.5) is 11.5 Å². The van der Waals surface area contributed by atoms with Gasteiger partial charge in [-0.3, -0.25) is 14.8 Å². The summed E-state index contributed by atoms with van der Waals surface area (Å²) in [6.45, 7) is 0.988. The first-order valence-corrected chi connectivity index (χ1v) is 10.3. The van der Waals surface area contributed by atoms with Crippen molar-refractivity contribution in [2.75, 3.05) is 16.8 Å². The number of hydrogen-bond donors (Lipinski definition) is 2. The number of phenols is 1. The number of aromatic nitrogens is 3. The quantitative estimate of drug-likeness (QED) is 0.393. The first-order chi connectivity index (χ1) is 15.7. The molecule has 1 aromatic carbocycles. The van der Waals surface area contributed by atoms with E-state index in [0.29, 0.717) is 24.6 Å². The largest absolute Gasteiger partial charge is 0.508 e. The number of rotatable bonds is 9. The van der Waals surface area contributed by atoms with Crippen molar-refractivity contribution in [1.29, 1.82) is 0 Å². The van der Waals surface area contributed by atoms with Gasteiger partial charge in [0.05, 0.1) is 17.9 Å². The molecule has 32 heavy (non-hydrogen) atoms. The summed E-state index contributed by atoms with van der Waals surface area (Å²) in [5.74, 6) is 0.796. The summed E-state index contributed by atoms with van der Waals surface area (Å²) < 4.78 is 0. The van der Waals surface area contributed by atoms with Gasteiger partial charge in [0, 0.05) is 42.8 Å². The van der Waals surface area contributed by atoms with Gasteiger partial charge in [-0.05, 0) is 60.2 Å². The van der Waals surface area contributed by atoms with Gasteiger partial charge in [-0.15, -0.1) is 0 Å². The molecule has 0 atom stereocenters. The molecule has 0 spiro atoms. The van der Waals surface area contributed by atoms with Crippen LogP contribution < -0.4 is 10.2 Å². The molecule has 0 bridgehead atoms. The highest BCUT2D eigenvalue weighted by atomic mass is 16.3. The fraction of sp³-hybridized carbons (Fsp3) is 0.120. The van der Waals surface area contributed by atoms with Crippen molar-refractivity contribution in [2.45, 2.75) is 13.0 Å². The summed E-state index contributed by atoms with van der Waals surface area (Å²) in [5, 5.41) is 12.9. The third kappa shape index (κ3) is 5.26. The molecule has 0 radical (unpaired) electrons. The molecular weight excluding hydrogens is 402 g/mol. The van der Waals surface area contributed by atoms with Crippen LogP contribution in [0.15, 0.2) is 85.3 Å². The molecule has 4 rings (SSSR count). The molecule has 7 heteroatoms. The van der Waals surface area contributed by atoms with E-state index in [9.17, 15) is 9.90 Å². The minimum Gasteiger partial charge on any atom is -0.508 e. The lowest BCUT2D eigenvalue weighted by molar-refractivity contribution is -0.107. The second kappa shape index (κ2) is 10.2. The Morgan fingerprint density at radius 1 is 0.969 bits per heavy atom. The Morgan fingerprint density at radius 2 is 1.84 bits per heavy atom. The zero-order valence-corrected chi connectivity index (χ0v) is 17.4. The normalized spacial score (nSPS) is 10.5. The molecule has 2 N–H and O–H groups in total. The minimum atomic E-state index is 0.197. The van der Waals surface area contributed by atoms with E-state index in [4.69, 9.17) is 4.98 Å². The van der Waals surface area contributed by atoms with Crippen LogP contribution in [0.5, 0.6) is 5.75 Å². The van der Waals surface area contributed by atoms with Gasteiger partial charge < -0.3 is 15.3 Å². The van der Waals surface area contributed by atoms with Gasteiger partial charge in [0.15, 0.2) is 5.82 Å². The lowest BCUT2D eigenvalue weighted by atomic mass is 10.1. The van der Waals surface area contributed by atoms with E-state index in [1.165, 1.54) is 0 Å². The van der Waals surface area contributed by atoms with Gasteiger partial charge in [-0.2, -0.15) is 0 Å². The second-order valence-electron chi connectivity index (χ2n) is 7.20. The molecule has 0 saturated carbocycles. The summed E-state index contributed by atoms with van der Waals surface area (Å²) in [6, 6.07) is 20.2. The molecule has 0 fully saturated rings. The number of phenolic OH excluding ortho intramolecular Hbond substituents is 1. The van der Waals surface area contributed by atoms with Gasteiger partial charge in [0.1, 0.15) is 5.75 Å². The molecule has 3 heterocycles. The number of hydrogen-bond acceptors (Lipinski definition) is 6. The van der Waals surface area contributed by atoms with Crippen LogP contribution in [0.3, 0.4) is 0 Å². The van der Waals surface area contributed by atoms with E-state index < -0.39 is 0 Å². The first kappa shape index (κ1) is 21.0. The third-order valence-corrected chi connectivity index (χ3v) is 4.95. The van der Waals surface area contributed by atoms with Gasteiger partial charge in [0.25, 0.3) is 0 Å². The average molecular weight is 425 g/mol. The Balaban J connectivity index is 1.62. The van der Waals surface area contributed by atoms with Gasteiger partial charge in [0.2, 0.25) is 6.41 Å².